The topological polar surface area (TPSA) is 76.7 Å². The first-order valence-corrected chi connectivity index (χ1v) is 8.77. The summed E-state index contributed by atoms with van der Waals surface area (Å²) < 4.78 is 10.5. The van der Waals surface area contributed by atoms with Crippen LogP contribution >= 0.6 is 0 Å². The van der Waals surface area contributed by atoms with Crippen molar-refractivity contribution in [3.8, 4) is 11.5 Å². The maximum atomic E-state index is 12.2. The second-order valence-electron chi connectivity index (χ2n) is 6.35. The number of carbonyl (C=O) groups excluding carboxylic acids is 2. The van der Waals surface area contributed by atoms with Crippen LogP contribution in [0.3, 0.4) is 0 Å². The second kappa shape index (κ2) is 9.62. The molecule has 6 nitrogen and oxygen atoms in total. The van der Waals surface area contributed by atoms with Gasteiger partial charge in [-0.25, -0.2) is 0 Å². The lowest BCUT2D eigenvalue weighted by Crippen LogP contribution is -2.37. The minimum absolute atomic E-state index is 0.0578. The molecule has 2 aromatic carbocycles. The molecular formula is C21H26N2O4. The number of hydrogen-bond donors (Lipinski definition) is 2. The summed E-state index contributed by atoms with van der Waals surface area (Å²) in [6, 6.07) is 11.2. The van der Waals surface area contributed by atoms with Crippen LogP contribution in [0.2, 0.25) is 0 Å². The van der Waals surface area contributed by atoms with Gasteiger partial charge in [-0.15, -0.1) is 0 Å². The Bertz CT molecular complexity index is 798. The molecule has 0 atom stereocenters. The zero-order valence-electron chi connectivity index (χ0n) is 16.2. The molecule has 0 aromatic heterocycles. The van der Waals surface area contributed by atoms with Crippen LogP contribution < -0.4 is 20.1 Å². The molecule has 2 N–H and O–H groups in total. The van der Waals surface area contributed by atoms with E-state index in [1.54, 1.807) is 26.4 Å². The SMILES string of the molecule is COc1ccc(CCNC(=O)CNC(=O)c2cc(C)cc(C)c2)cc1OC. The molecule has 27 heavy (non-hydrogen) atoms. The van der Waals surface area contributed by atoms with Gasteiger partial charge in [-0.2, -0.15) is 0 Å². The van der Waals surface area contributed by atoms with E-state index in [9.17, 15) is 9.59 Å². The average molecular weight is 370 g/mol. The number of rotatable bonds is 8. The maximum absolute atomic E-state index is 12.2. The number of methoxy groups -OCH3 is 2. The highest BCUT2D eigenvalue weighted by molar-refractivity contribution is 5.96. The molecule has 0 aliphatic heterocycles. The average Bonchev–Trinajstić information content (AvgIpc) is 2.65. The van der Waals surface area contributed by atoms with Crippen molar-refractivity contribution >= 4 is 11.8 Å². The fourth-order valence-electron chi connectivity index (χ4n) is 2.81. The van der Waals surface area contributed by atoms with Crippen LogP contribution in [0.15, 0.2) is 36.4 Å². The van der Waals surface area contributed by atoms with Crippen LogP contribution in [-0.2, 0) is 11.2 Å². The molecule has 0 heterocycles. The van der Waals surface area contributed by atoms with E-state index in [4.69, 9.17) is 9.47 Å². The third-order valence-corrected chi connectivity index (χ3v) is 4.08. The number of carbonyl (C=O) groups is 2. The van der Waals surface area contributed by atoms with Crippen molar-refractivity contribution in [2.24, 2.45) is 0 Å². The predicted octanol–water partition coefficient (Wildman–Crippen LogP) is 2.41. The quantitative estimate of drug-likeness (QED) is 0.748. The second-order valence-corrected chi connectivity index (χ2v) is 6.35. The van der Waals surface area contributed by atoms with Gasteiger partial charge in [-0.1, -0.05) is 23.3 Å². The monoisotopic (exact) mass is 370 g/mol. The van der Waals surface area contributed by atoms with Crippen LogP contribution in [0.1, 0.15) is 27.0 Å². The first-order valence-electron chi connectivity index (χ1n) is 8.77. The van der Waals surface area contributed by atoms with E-state index in [0.29, 0.717) is 30.0 Å². The molecule has 144 valence electrons. The van der Waals surface area contributed by atoms with Crippen LogP contribution in [0.5, 0.6) is 11.5 Å². The third kappa shape index (κ3) is 6.02. The third-order valence-electron chi connectivity index (χ3n) is 4.08. The van der Waals surface area contributed by atoms with Gasteiger partial charge in [0.2, 0.25) is 5.91 Å². The molecular weight excluding hydrogens is 344 g/mol. The van der Waals surface area contributed by atoms with Gasteiger partial charge in [-0.05, 0) is 50.1 Å². The largest absolute Gasteiger partial charge is 0.493 e. The molecule has 0 saturated heterocycles. The van der Waals surface area contributed by atoms with E-state index in [-0.39, 0.29) is 18.4 Å². The summed E-state index contributed by atoms with van der Waals surface area (Å²) in [5, 5.41) is 5.45. The number of benzene rings is 2. The van der Waals surface area contributed by atoms with Gasteiger partial charge in [0.05, 0.1) is 20.8 Å². The number of aryl methyl sites for hydroxylation is 2. The number of amides is 2. The zero-order valence-corrected chi connectivity index (χ0v) is 16.2. The highest BCUT2D eigenvalue weighted by atomic mass is 16.5. The molecule has 0 radical (unpaired) electrons. The molecule has 2 aromatic rings. The molecule has 0 saturated carbocycles. The lowest BCUT2D eigenvalue weighted by Gasteiger charge is -2.10. The normalized spacial score (nSPS) is 10.2. The van der Waals surface area contributed by atoms with Gasteiger partial charge in [0, 0.05) is 12.1 Å². The summed E-state index contributed by atoms with van der Waals surface area (Å²) in [5.74, 6) is 0.839. The van der Waals surface area contributed by atoms with E-state index in [0.717, 1.165) is 16.7 Å². The van der Waals surface area contributed by atoms with Crippen molar-refractivity contribution in [1.29, 1.82) is 0 Å². The van der Waals surface area contributed by atoms with E-state index >= 15 is 0 Å². The Labute approximate surface area is 159 Å². The lowest BCUT2D eigenvalue weighted by molar-refractivity contribution is -0.120. The summed E-state index contributed by atoms with van der Waals surface area (Å²) in [6.07, 6.45) is 0.650. The Hall–Kier alpha value is -3.02. The van der Waals surface area contributed by atoms with Gasteiger partial charge in [0.1, 0.15) is 0 Å². The van der Waals surface area contributed by atoms with Gasteiger partial charge < -0.3 is 20.1 Å². The zero-order chi connectivity index (χ0) is 19.8. The van der Waals surface area contributed by atoms with Gasteiger partial charge in [-0.3, -0.25) is 9.59 Å². The van der Waals surface area contributed by atoms with Crippen molar-refractivity contribution in [3.05, 3.63) is 58.7 Å². The molecule has 0 aliphatic rings. The van der Waals surface area contributed by atoms with Crippen LogP contribution in [-0.4, -0.2) is 39.1 Å². The van der Waals surface area contributed by atoms with Crippen molar-refractivity contribution in [3.63, 3.8) is 0 Å². The molecule has 0 fully saturated rings. The van der Waals surface area contributed by atoms with Gasteiger partial charge >= 0.3 is 0 Å². The minimum Gasteiger partial charge on any atom is -0.493 e. The van der Waals surface area contributed by atoms with Crippen molar-refractivity contribution in [1.82, 2.24) is 10.6 Å². The molecule has 0 unspecified atom stereocenters. The molecule has 2 rings (SSSR count). The highest BCUT2D eigenvalue weighted by Gasteiger charge is 2.09. The van der Waals surface area contributed by atoms with Crippen molar-refractivity contribution < 1.29 is 19.1 Å². The number of nitrogens with one attached hydrogen (secondary N) is 2. The van der Waals surface area contributed by atoms with Gasteiger partial charge in [0.25, 0.3) is 5.91 Å². The molecule has 0 bridgehead atoms. The summed E-state index contributed by atoms with van der Waals surface area (Å²) in [5.41, 5.74) is 3.61. The van der Waals surface area contributed by atoms with Crippen LogP contribution in [0.25, 0.3) is 0 Å². The molecule has 0 aliphatic carbocycles. The van der Waals surface area contributed by atoms with E-state index in [2.05, 4.69) is 10.6 Å². The van der Waals surface area contributed by atoms with Crippen LogP contribution in [0, 0.1) is 13.8 Å². The van der Waals surface area contributed by atoms with E-state index < -0.39 is 0 Å². The number of hydrogen-bond acceptors (Lipinski definition) is 4. The predicted molar refractivity (Wildman–Crippen MR) is 105 cm³/mol. The highest BCUT2D eigenvalue weighted by Crippen LogP contribution is 2.27. The summed E-state index contributed by atoms with van der Waals surface area (Å²) >= 11 is 0. The summed E-state index contributed by atoms with van der Waals surface area (Å²) in [6.45, 7) is 4.28. The van der Waals surface area contributed by atoms with Gasteiger partial charge in [0.15, 0.2) is 11.5 Å². The fraction of sp³-hybridized carbons (Fsp3) is 0.333. The van der Waals surface area contributed by atoms with Crippen molar-refractivity contribution in [2.45, 2.75) is 20.3 Å². The Morgan fingerprint density at radius 2 is 1.56 bits per heavy atom. The van der Waals surface area contributed by atoms with E-state index in [1.807, 2.05) is 38.1 Å². The Kier molecular flexibility index (Phi) is 7.23. The van der Waals surface area contributed by atoms with Crippen LogP contribution in [0.4, 0.5) is 0 Å². The Balaban J connectivity index is 1.78. The first kappa shape index (κ1) is 20.3. The Morgan fingerprint density at radius 1 is 0.889 bits per heavy atom. The van der Waals surface area contributed by atoms with Crippen molar-refractivity contribution in [2.75, 3.05) is 27.3 Å². The first-order chi connectivity index (χ1) is 12.9. The molecule has 2 amide bonds. The smallest absolute Gasteiger partial charge is 0.251 e. The van der Waals surface area contributed by atoms with E-state index in [1.165, 1.54) is 0 Å². The maximum Gasteiger partial charge on any atom is 0.251 e. The minimum atomic E-state index is -0.253. The summed E-state index contributed by atoms with van der Waals surface area (Å²) in [4.78, 5) is 24.1. The Morgan fingerprint density at radius 3 is 2.19 bits per heavy atom. The molecule has 0 spiro atoms. The number of ether oxygens (including phenoxy) is 2. The summed E-state index contributed by atoms with van der Waals surface area (Å²) in [7, 11) is 3.17. The lowest BCUT2D eigenvalue weighted by atomic mass is 10.1. The standard InChI is InChI=1S/C21H26N2O4/c1-14-9-15(2)11-17(10-14)21(25)23-13-20(24)22-8-7-16-5-6-18(26-3)19(12-16)27-4/h5-6,9-12H,7-8,13H2,1-4H3,(H,22,24)(H,23,25). The fourth-order valence-corrected chi connectivity index (χ4v) is 2.81. The molecule has 6 heteroatoms.